The van der Waals surface area contributed by atoms with Crippen LogP contribution in [0.2, 0.25) is 0 Å². The molecule has 0 bridgehead atoms. The van der Waals surface area contributed by atoms with Gasteiger partial charge in [-0.3, -0.25) is 9.59 Å². The van der Waals surface area contributed by atoms with Crippen molar-refractivity contribution in [3.63, 3.8) is 0 Å². The second kappa shape index (κ2) is 8.49. The summed E-state index contributed by atoms with van der Waals surface area (Å²) in [6.45, 7) is 7.56. The molecule has 0 unspecified atom stereocenters. The molecule has 1 aliphatic heterocycles. The number of nitrogens with one attached hydrogen (secondary N) is 1. The zero-order valence-corrected chi connectivity index (χ0v) is 13.1. The van der Waals surface area contributed by atoms with Gasteiger partial charge in [0.1, 0.15) is 6.04 Å². The van der Waals surface area contributed by atoms with E-state index in [2.05, 4.69) is 5.32 Å². The van der Waals surface area contributed by atoms with Gasteiger partial charge in [-0.05, 0) is 20.3 Å². The van der Waals surface area contributed by atoms with Crippen LogP contribution >= 0.6 is 0 Å². The number of piperazine rings is 1. The minimum atomic E-state index is -0.529. The number of carbonyl (C=O) groups excluding carboxylic acids is 3. The standard InChI is InChI=1S/C14H25N3O4/c1-4-6-12(18)15-11(3)13(19)16-7-9-17(10-8-16)14(20)21-5-2/h11H,4-10H2,1-3H3,(H,15,18)/t11-/m1/s1. The first-order valence-corrected chi connectivity index (χ1v) is 7.49. The van der Waals surface area contributed by atoms with Gasteiger partial charge in [0, 0.05) is 32.6 Å². The molecule has 0 spiro atoms. The zero-order valence-electron chi connectivity index (χ0n) is 13.1. The average molecular weight is 299 g/mol. The van der Waals surface area contributed by atoms with E-state index in [4.69, 9.17) is 4.74 Å². The molecular weight excluding hydrogens is 274 g/mol. The predicted octanol–water partition coefficient (Wildman–Crippen LogP) is 0.592. The Balaban J connectivity index is 2.40. The van der Waals surface area contributed by atoms with Crippen LogP contribution in [0.15, 0.2) is 0 Å². The molecule has 0 saturated carbocycles. The summed E-state index contributed by atoms with van der Waals surface area (Å²) in [4.78, 5) is 38.6. The van der Waals surface area contributed by atoms with Gasteiger partial charge in [-0.25, -0.2) is 4.79 Å². The Kier molecular flexibility index (Phi) is 6.98. The first-order valence-electron chi connectivity index (χ1n) is 7.49. The zero-order chi connectivity index (χ0) is 15.8. The molecule has 7 heteroatoms. The summed E-state index contributed by atoms with van der Waals surface area (Å²) in [6, 6.07) is -0.529. The minimum Gasteiger partial charge on any atom is -0.450 e. The van der Waals surface area contributed by atoms with E-state index in [9.17, 15) is 14.4 Å². The van der Waals surface area contributed by atoms with Crippen LogP contribution in [0.25, 0.3) is 0 Å². The van der Waals surface area contributed by atoms with Crippen molar-refractivity contribution in [3.8, 4) is 0 Å². The lowest BCUT2D eigenvalue weighted by atomic mass is 10.2. The van der Waals surface area contributed by atoms with Crippen molar-refractivity contribution in [2.75, 3.05) is 32.8 Å². The highest BCUT2D eigenvalue weighted by atomic mass is 16.6. The summed E-state index contributed by atoms with van der Waals surface area (Å²) in [5, 5.41) is 2.70. The molecule has 0 radical (unpaired) electrons. The maximum Gasteiger partial charge on any atom is 0.409 e. The maximum absolute atomic E-state index is 12.2. The third kappa shape index (κ3) is 5.24. The van der Waals surface area contributed by atoms with Crippen LogP contribution in [0.5, 0.6) is 0 Å². The van der Waals surface area contributed by atoms with Gasteiger partial charge in [0.25, 0.3) is 0 Å². The fraction of sp³-hybridized carbons (Fsp3) is 0.786. The van der Waals surface area contributed by atoms with Gasteiger partial charge in [0.05, 0.1) is 6.61 Å². The maximum atomic E-state index is 12.2. The Labute approximate surface area is 125 Å². The fourth-order valence-electron chi connectivity index (χ4n) is 2.20. The van der Waals surface area contributed by atoms with Crippen LogP contribution in [-0.2, 0) is 14.3 Å². The highest BCUT2D eigenvalue weighted by Crippen LogP contribution is 2.06. The van der Waals surface area contributed by atoms with Gasteiger partial charge in [0.15, 0.2) is 0 Å². The summed E-state index contributed by atoms with van der Waals surface area (Å²) < 4.78 is 4.93. The summed E-state index contributed by atoms with van der Waals surface area (Å²) in [5.74, 6) is -0.216. The van der Waals surface area contributed by atoms with E-state index in [0.29, 0.717) is 39.2 Å². The van der Waals surface area contributed by atoms with E-state index < -0.39 is 6.04 Å². The highest BCUT2D eigenvalue weighted by Gasteiger charge is 2.27. The molecule has 0 aromatic heterocycles. The Morgan fingerprint density at radius 3 is 2.19 bits per heavy atom. The van der Waals surface area contributed by atoms with Gasteiger partial charge >= 0.3 is 6.09 Å². The summed E-state index contributed by atoms with van der Waals surface area (Å²) >= 11 is 0. The molecule has 7 nitrogen and oxygen atoms in total. The molecule has 1 atom stereocenters. The molecule has 1 aliphatic rings. The first kappa shape index (κ1) is 17.3. The van der Waals surface area contributed by atoms with E-state index in [-0.39, 0.29) is 17.9 Å². The Morgan fingerprint density at radius 1 is 1.10 bits per heavy atom. The molecular formula is C14H25N3O4. The van der Waals surface area contributed by atoms with Crippen molar-refractivity contribution in [3.05, 3.63) is 0 Å². The lowest BCUT2D eigenvalue weighted by Crippen LogP contribution is -2.55. The van der Waals surface area contributed by atoms with E-state index >= 15 is 0 Å². The molecule has 0 aromatic carbocycles. The van der Waals surface area contributed by atoms with Crippen molar-refractivity contribution in [1.82, 2.24) is 15.1 Å². The molecule has 1 heterocycles. The van der Waals surface area contributed by atoms with Crippen LogP contribution in [-0.4, -0.2) is 66.5 Å². The van der Waals surface area contributed by atoms with Crippen LogP contribution in [0.4, 0.5) is 4.79 Å². The highest BCUT2D eigenvalue weighted by molar-refractivity contribution is 5.87. The van der Waals surface area contributed by atoms with E-state index in [1.165, 1.54) is 0 Å². The molecule has 0 aromatic rings. The number of ether oxygens (including phenoxy) is 1. The molecule has 3 amide bonds. The summed E-state index contributed by atoms with van der Waals surface area (Å²) in [6.07, 6.45) is 0.841. The normalized spacial score (nSPS) is 16.3. The largest absolute Gasteiger partial charge is 0.450 e. The number of nitrogens with zero attached hydrogens (tertiary/aromatic N) is 2. The second-order valence-electron chi connectivity index (χ2n) is 5.05. The average Bonchev–Trinajstić information content (AvgIpc) is 2.47. The van der Waals surface area contributed by atoms with Crippen molar-refractivity contribution < 1.29 is 19.1 Å². The number of hydrogen-bond donors (Lipinski definition) is 1. The van der Waals surface area contributed by atoms with Gasteiger partial charge < -0.3 is 19.9 Å². The lowest BCUT2D eigenvalue weighted by Gasteiger charge is -2.35. The monoisotopic (exact) mass is 299 g/mol. The number of carbonyl (C=O) groups is 3. The Morgan fingerprint density at radius 2 is 1.67 bits per heavy atom. The molecule has 0 aliphatic carbocycles. The van der Waals surface area contributed by atoms with Gasteiger partial charge in [-0.2, -0.15) is 0 Å². The smallest absolute Gasteiger partial charge is 0.409 e. The Hall–Kier alpha value is -1.79. The molecule has 120 valence electrons. The van der Waals surface area contributed by atoms with Crippen LogP contribution in [0.3, 0.4) is 0 Å². The fourth-order valence-corrected chi connectivity index (χ4v) is 2.20. The first-order chi connectivity index (χ1) is 9.99. The molecule has 1 N–H and O–H groups in total. The minimum absolute atomic E-state index is 0.108. The van der Waals surface area contributed by atoms with Crippen LogP contribution < -0.4 is 5.32 Å². The molecule has 21 heavy (non-hydrogen) atoms. The second-order valence-corrected chi connectivity index (χ2v) is 5.05. The van der Waals surface area contributed by atoms with Crippen molar-refractivity contribution in [1.29, 1.82) is 0 Å². The summed E-state index contributed by atoms with van der Waals surface area (Å²) in [5.41, 5.74) is 0. The number of hydrogen-bond acceptors (Lipinski definition) is 4. The van der Waals surface area contributed by atoms with Gasteiger partial charge in [-0.1, -0.05) is 6.92 Å². The van der Waals surface area contributed by atoms with E-state index in [0.717, 1.165) is 6.42 Å². The van der Waals surface area contributed by atoms with E-state index in [1.807, 2.05) is 6.92 Å². The quantitative estimate of drug-likeness (QED) is 0.806. The van der Waals surface area contributed by atoms with Crippen LogP contribution in [0, 0.1) is 0 Å². The number of amides is 3. The lowest BCUT2D eigenvalue weighted by molar-refractivity contribution is -0.137. The third-order valence-electron chi connectivity index (χ3n) is 3.34. The summed E-state index contributed by atoms with van der Waals surface area (Å²) in [7, 11) is 0. The van der Waals surface area contributed by atoms with Crippen molar-refractivity contribution in [2.45, 2.75) is 39.7 Å². The SMILES string of the molecule is CCCC(=O)N[C@H](C)C(=O)N1CCN(C(=O)OCC)CC1. The third-order valence-corrected chi connectivity index (χ3v) is 3.34. The van der Waals surface area contributed by atoms with Crippen LogP contribution in [0.1, 0.15) is 33.6 Å². The van der Waals surface area contributed by atoms with Crippen molar-refractivity contribution in [2.24, 2.45) is 0 Å². The number of rotatable bonds is 5. The molecule has 1 fully saturated rings. The molecule has 1 rings (SSSR count). The van der Waals surface area contributed by atoms with E-state index in [1.54, 1.807) is 23.6 Å². The predicted molar refractivity (Wildman–Crippen MR) is 77.7 cm³/mol. The Bertz CT molecular complexity index is 378. The topological polar surface area (TPSA) is 79.0 Å². The van der Waals surface area contributed by atoms with Gasteiger partial charge in [-0.15, -0.1) is 0 Å². The van der Waals surface area contributed by atoms with Crippen molar-refractivity contribution >= 4 is 17.9 Å². The molecule has 1 saturated heterocycles. The van der Waals surface area contributed by atoms with Gasteiger partial charge in [0.2, 0.25) is 11.8 Å².